The second kappa shape index (κ2) is 10.8. The van der Waals surface area contributed by atoms with E-state index in [0.717, 1.165) is 57.2 Å². The average molecular weight is 498 g/mol. The molecule has 4 rings (SSSR count). The van der Waals surface area contributed by atoms with E-state index in [1.807, 2.05) is 7.05 Å². The van der Waals surface area contributed by atoms with Crippen molar-refractivity contribution in [1.82, 2.24) is 15.1 Å². The van der Waals surface area contributed by atoms with Crippen LogP contribution in [0.1, 0.15) is 36.8 Å². The molecule has 2 aliphatic heterocycles. The smallest absolute Gasteiger partial charge is 0.193 e. The Kier molecular flexibility index (Phi) is 8.41. The molecule has 0 amide bonds. The van der Waals surface area contributed by atoms with Gasteiger partial charge in [0.25, 0.3) is 0 Å². The number of benzene rings is 1. The van der Waals surface area contributed by atoms with E-state index in [4.69, 9.17) is 4.74 Å². The summed E-state index contributed by atoms with van der Waals surface area (Å²) in [4.78, 5) is 9.57. The zero-order valence-electron chi connectivity index (χ0n) is 17.1. The lowest BCUT2D eigenvalue weighted by Gasteiger charge is -2.28. The van der Waals surface area contributed by atoms with Crippen LogP contribution >= 0.6 is 24.0 Å². The molecule has 3 aliphatic rings. The van der Waals surface area contributed by atoms with Crippen LogP contribution in [-0.4, -0.2) is 62.2 Å². The number of likely N-dealkylation sites (tertiary alicyclic amines) is 1. The first-order valence-electron chi connectivity index (χ1n) is 10.7. The maximum Gasteiger partial charge on any atom is 0.193 e. The van der Waals surface area contributed by atoms with E-state index in [1.54, 1.807) is 0 Å². The van der Waals surface area contributed by atoms with Crippen LogP contribution < -0.4 is 5.32 Å². The molecule has 0 radical (unpaired) electrons. The summed E-state index contributed by atoms with van der Waals surface area (Å²) in [5.74, 6) is 2.84. The predicted octanol–water partition coefficient (Wildman–Crippen LogP) is 3.33. The van der Waals surface area contributed by atoms with Crippen LogP contribution in [0, 0.1) is 11.8 Å². The molecule has 0 bridgehead atoms. The summed E-state index contributed by atoms with van der Waals surface area (Å²) in [5, 5.41) is 3.65. The molecule has 6 heteroatoms. The van der Waals surface area contributed by atoms with Crippen LogP contribution in [-0.2, 0) is 17.8 Å². The van der Waals surface area contributed by atoms with E-state index in [-0.39, 0.29) is 24.0 Å². The highest BCUT2D eigenvalue weighted by atomic mass is 127. The number of hydrogen-bond donors (Lipinski definition) is 1. The Balaban J connectivity index is 0.00000225. The molecule has 0 aromatic heterocycles. The lowest BCUT2D eigenvalue weighted by molar-refractivity contribution is 0.0341. The molecule has 1 aliphatic carbocycles. The number of rotatable bonds is 4. The van der Waals surface area contributed by atoms with Gasteiger partial charge in [0.05, 0.1) is 13.2 Å². The first-order valence-corrected chi connectivity index (χ1v) is 10.7. The number of nitrogens with zero attached hydrogens (tertiary/aromatic N) is 3. The van der Waals surface area contributed by atoms with E-state index in [1.165, 1.54) is 49.9 Å². The Bertz CT molecular complexity index is 633. The first kappa shape index (κ1) is 21.8. The van der Waals surface area contributed by atoms with Crippen molar-refractivity contribution in [3.05, 3.63) is 35.4 Å². The lowest BCUT2D eigenvalue weighted by atomic mass is 9.82. The fraction of sp³-hybridized carbons (Fsp3) is 0.682. The summed E-state index contributed by atoms with van der Waals surface area (Å²) in [6.45, 7) is 7.97. The van der Waals surface area contributed by atoms with E-state index in [2.05, 4.69) is 44.4 Å². The van der Waals surface area contributed by atoms with Crippen LogP contribution in [0.25, 0.3) is 0 Å². The van der Waals surface area contributed by atoms with Crippen molar-refractivity contribution in [1.29, 1.82) is 0 Å². The third-order valence-corrected chi connectivity index (χ3v) is 6.54. The molecule has 0 spiro atoms. The highest BCUT2D eigenvalue weighted by Crippen LogP contribution is 2.35. The summed E-state index contributed by atoms with van der Waals surface area (Å²) in [5.41, 5.74) is 2.79. The van der Waals surface area contributed by atoms with Gasteiger partial charge in [-0.3, -0.25) is 9.89 Å². The van der Waals surface area contributed by atoms with E-state index >= 15 is 0 Å². The second-order valence-electron chi connectivity index (χ2n) is 8.27. The normalized spacial score (nSPS) is 25.9. The van der Waals surface area contributed by atoms with E-state index in [0.29, 0.717) is 0 Å². The van der Waals surface area contributed by atoms with Gasteiger partial charge >= 0.3 is 0 Å². The Morgan fingerprint density at radius 1 is 1.07 bits per heavy atom. The number of nitrogens with one attached hydrogen (secondary N) is 1. The third kappa shape index (κ3) is 5.39. The van der Waals surface area contributed by atoms with Crippen molar-refractivity contribution >= 4 is 29.9 Å². The molecule has 1 aromatic rings. The van der Waals surface area contributed by atoms with Crippen LogP contribution in [0.5, 0.6) is 0 Å². The number of aliphatic imine (C=N–C) groups is 1. The molecule has 1 saturated carbocycles. The number of guanidine groups is 1. The van der Waals surface area contributed by atoms with Gasteiger partial charge in [0.15, 0.2) is 5.96 Å². The number of hydrogen-bond acceptors (Lipinski definition) is 3. The van der Waals surface area contributed by atoms with Crippen molar-refractivity contribution in [2.75, 3.05) is 46.4 Å². The molecular weight excluding hydrogens is 463 g/mol. The molecule has 1 aromatic carbocycles. The van der Waals surface area contributed by atoms with Crippen LogP contribution in [0.15, 0.2) is 29.3 Å². The summed E-state index contributed by atoms with van der Waals surface area (Å²) < 4.78 is 5.48. The van der Waals surface area contributed by atoms with Gasteiger partial charge in [-0.05, 0) is 35.8 Å². The lowest BCUT2D eigenvalue weighted by Crippen LogP contribution is -2.40. The minimum absolute atomic E-state index is 0. The Morgan fingerprint density at radius 3 is 2.36 bits per heavy atom. The van der Waals surface area contributed by atoms with Crippen LogP contribution in [0.4, 0.5) is 0 Å². The number of halogens is 1. The fourth-order valence-electron chi connectivity index (χ4n) is 4.97. The Hall–Kier alpha value is -0.860. The van der Waals surface area contributed by atoms with Crippen LogP contribution in [0.2, 0.25) is 0 Å². The van der Waals surface area contributed by atoms with E-state index in [9.17, 15) is 0 Å². The highest BCUT2D eigenvalue weighted by Gasteiger charge is 2.35. The fourth-order valence-corrected chi connectivity index (χ4v) is 4.97. The summed E-state index contributed by atoms with van der Waals surface area (Å²) in [7, 11) is 1.92. The molecule has 2 atom stereocenters. The largest absolute Gasteiger partial charge is 0.379 e. The van der Waals surface area contributed by atoms with Crippen LogP contribution in [0.3, 0.4) is 0 Å². The zero-order chi connectivity index (χ0) is 18.5. The van der Waals surface area contributed by atoms with Gasteiger partial charge < -0.3 is 15.0 Å². The maximum atomic E-state index is 5.48. The number of fused-ring (bicyclic) bond motifs is 1. The standard InChI is InChI=1S/C22H34N4O.HI/c1-23-22(26-16-20-8-4-5-9-21(20)17-26)24-14-18-6-2-3-7-19(18)15-25-10-12-27-13-11-25;/h2-3,6-7,20-21H,4-5,8-17H2,1H3,(H,23,24);1H. The minimum Gasteiger partial charge on any atom is -0.379 e. The molecular formula is C22H35IN4O. The molecule has 5 nitrogen and oxygen atoms in total. The van der Waals surface area contributed by atoms with Gasteiger partial charge in [0.1, 0.15) is 0 Å². The minimum atomic E-state index is 0. The van der Waals surface area contributed by atoms with Crippen molar-refractivity contribution in [3.8, 4) is 0 Å². The van der Waals surface area contributed by atoms with Crippen molar-refractivity contribution in [2.45, 2.75) is 38.8 Å². The van der Waals surface area contributed by atoms with Gasteiger partial charge in [0.2, 0.25) is 0 Å². The predicted molar refractivity (Wildman–Crippen MR) is 125 cm³/mol. The molecule has 2 heterocycles. The zero-order valence-corrected chi connectivity index (χ0v) is 19.4. The molecule has 1 N–H and O–H groups in total. The average Bonchev–Trinajstić information content (AvgIpc) is 3.14. The number of morpholine rings is 1. The summed E-state index contributed by atoms with van der Waals surface area (Å²) >= 11 is 0. The quantitative estimate of drug-likeness (QED) is 0.393. The number of ether oxygens (including phenoxy) is 1. The first-order chi connectivity index (χ1) is 13.3. The van der Waals surface area contributed by atoms with Gasteiger partial charge in [-0.2, -0.15) is 0 Å². The van der Waals surface area contributed by atoms with Crippen molar-refractivity contribution in [2.24, 2.45) is 16.8 Å². The molecule has 28 heavy (non-hydrogen) atoms. The Morgan fingerprint density at radius 2 is 1.71 bits per heavy atom. The van der Waals surface area contributed by atoms with Crippen molar-refractivity contribution in [3.63, 3.8) is 0 Å². The molecule has 3 fully saturated rings. The van der Waals surface area contributed by atoms with Gasteiger partial charge in [-0.25, -0.2) is 0 Å². The van der Waals surface area contributed by atoms with Gasteiger partial charge in [0, 0.05) is 46.3 Å². The highest BCUT2D eigenvalue weighted by molar-refractivity contribution is 14.0. The molecule has 2 unspecified atom stereocenters. The maximum absolute atomic E-state index is 5.48. The molecule has 156 valence electrons. The topological polar surface area (TPSA) is 40.1 Å². The van der Waals surface area contributed by atoms with Gasteiger partial charge in [-0.15, -0.1) is 24.0 Å². The SMILES string of the molecule is CN=C(NCc1ccccc1CN1CCOCC1)N1CC2CCCCC2C1.I. The third-order valence-electron chi connectivity index (χ3n) is 6.54. The Labute approximate surface area is 186 Å². The van der Waals surface area contributed by atoms with Crippen molar-refractivity contribution < 1.29 is 4.74 Å². The van der Waals surface area contributed by atoms with Gasteiger partial charge in [-0.1, -0.05) is 37.1 Å². The summed E-state index contributed by atoms with van der Waals surface area (Å²) in [6.07, 6.45) is 5.63. The molecule has 2 saturated heterocycles. The second-order valence-corrected chi connectivity index (χ2v) is 8.27. The summed E-state index contributed by atoms with van der Waals surface area (Å²) in [6, 6.07) is 8.81. The monoisotopic (exact) mass is 498 g/mol. The van der Waals surface area contributed by atoms with E-state index < -0.39 is 0 Å².